The van der Waals surface area contributed by atoms with Gasteiger partial charge in [-0.25, -0.2) is 0 Å². The molecule has 0 bridgehead atoms. The summed E-state index contributed by atoms with van der Waals surface area (Å²) in [7, 11) is 1.70. The van der Waals surface area contributed by atoms with Crippen LogP contribution in [0.3, 0.4) is 0 Å². The molecule has 19 heavy (non-hydrogen) atoms. The number of aliphatic hydroxyl groups excluding tert-OH is 1. The predicted molar refractivity (Wildman–Crippen MR) is 76.4 cm³/mol. The molecule has 1 heterocycles. The third-order valence-corrected chi connectivity index (χ3v) is 3.82. The van der Waals surface area contributed by atoms with E-state index in [2.05, 4.69) is 29.7 Å². The first-order valence-corrected chi connectivity index (χ1v) is 7.00. The summed E-state index contributed by atoms with van der Waals surface area (Å²) in [4.78, 5) is 0. The average Bonchev–Trinajstić information content (AvgIpc) is 2.84. The van der Waals surface area contributed by atoms with E-state index in [0.29, 0.717) is 5.92 Å². The highest BCUT2D eigenvalue weighted by Crippen LogP contribution is 2.18. The van der Waals surface area contributed by atoms with Crippen LogP contribution in [-0.2, 0) is 13.0 Å². The van der Waals surface area contributed by atoms with Gasteiger partial charge in [0.05, 0.1) is 13.2 Å². The van der Waals surface area contributed by atoms with E-state index in [0.717, 1.165) is 38.3 Å². The van der Waals surface area contributed by atoms with E-state index in [1.807, 2.05) is 6.07 Å². The summed E-state index contributed by atoms with van der Waals surface area (Å²) in [6.45, 7) is 5.47. The lowest BCUT2D eigenvalue weighted by Gasteiger charge is -2.15. The van der Waals surface area contributed by atoms with Crippen molar-refractivity contribution in [2.24, 2.45) is 5.92 Å². The molecule has 2 rings (SSSR count). The standard InChI is InChI=1S/C15H24N2O2/c1-3-11-6-14(19-2)5-4-12(11)7-16-8-13-9-17-10-15(13)18/h4-6,13,15-18H,3,7-10H2,1-2H3. The number of hydrogen-bond donors (Lipinski definition) is 3. The first-order valence-electron chi connectivity index (χ1n) is 7.00. The second-order valence-electron chi connectivity index (χ2n) is 5.10. The fourth-order valence-electron chi connectivity index (χ4n) is 2.55. The van der Waals surface area contributed by atoms with Crippen molar-refractivity contribution in [1.29, 1.82) is 0 Å². The van der Waals surface area contributed by atoms with Gasteiger partial charge >= 0.3 is 0 Å². The van der Waals surface area contributed by atoms with E-state index in [1.165, 1.54) is 11.1 Å². The van der Waals surface area contributed by atoms with Gasteiger partial charge in [-0.1, -0.05) is 13.0 Å². The summed E-state index contributed by atoms with van der Waals surface area (Å²) in [5.74, 6) is 1.24. The van der Waals surface area contributed by atoms with Crippen LogP contribution < -0.4 is 15.4 Å². The molecule has 4 heteroatoms. The van der Waals surface area contributed by atoms with Gasteiger partial charge in [0.25, 0.3) is 0 Å². The van der Waals surface area contributed by atoms with Crippen molar-refractivity contribution in [2.45, 2.75) is 26.0 Å². The SMILES string of the molecule is CCc1cc(OC)ccc1CNCC1CNCC1O. The van der Waals surface area contributed by atoms with Crippen molar-refractivity contribution in [2.75, 3.05) is 26.7 Å². The number of aryl methyl sites for hydroxylation is 1. The Bertz CT molecular complexity index is 409. The lowest BCUT2D eigenvalue weighted by Crippen LogP contribution is -2.30. The largest absolute Gasteiger partial charge is 0.497 e. The fourth-order valence-corrected chi connectivity index (χ4v) is 2.55. The average molecular weight is 264 g/mol. The van der Waals surface area contributed by atoms with Crippen LogP contribution in [0, 0.1) is 5.92 Å². The molecule has 0 spiro atoms. The number of aliphatic hydroxyl groups is 1. The molecule has 106 valence electrons. The predicted octanol–water partition coefficient (Wildman–Crippen LogP) is 0.927. The summed E-state index contributed by atoms with van der Waals surface area (Å²) in [5.41, 5.74) is 2.63. The third kappa shape index (κ3) is 3.69. The second-order valence-corrected chi connectivity index (χ2v) is 5.10. The molecule has 1 fully saturated rings. The summed E-state index contributed by atoms with van der Waals surface area (Å²) in [6, 6.07) is 6.22. The number of methoxy groups -OCH3 is 1. The number of β-amino-alcohol motifs (C(OH)–C–C–N with tert-alkyl or cyclic N) is 1. The molecule has 2 unspecified atom stereocenters. The molecule has 3 N–H and O–H groups in total. The summed E-state index contributed by atoms with van der Waals surface area (Å²) >= 11 is 0. The summed E-state index contributed by atoms with van der Waals surface area (Å²) in [5, 5.41) is 16.4. The highest BCUT2D eigenvalue weighted by atomic mass is 16.5. The van der Waals surface area contributed by atoms with Gasteiger partial charge in [0.2, 0.25) is 0 Å². The van der Waals surface area contributed by atoms with Gasteiger partial charge in [-0.05, 0) is 29.7 Å². The topological polar surface area (TPSA) is 53.5 Å². The van der Waals surface area contributed by atoms with Crippen molar-refractivity contribution in [1.82, 2.24) is 10.6 Å². The maximum Gasteiger partial charge on any atom is 0.119 e. The Kier molecular flexibility index (Phi) is 5.19. The van der Waals surface area contributed by atoms with Crippen LogP contribution in [-0.4, -0.2) is 38.0 Å². The lowest BCUT2D eigenvalue weighted by molar-refractivity contribution is 0.146. The quantitative estimate of drug-likeness (QED) is 0.715. The van der Waals surface area contributed by atoms with Crippen LogP contribution in [0.5, 0.6) is 5.75 Å². The van der Waals surface area contributed by atoms with Crippen molar-refractivity contribution >= 4 is 0 Å². The molecular formula is C15H24N2O2. The first kappa shape index (κ1) is 14.3. The van der Waals surface area contributed by atoms with Crippen LogP contribution in [0.2, 0.25) is 0 Å². The number of hydrogen-bond acceptors (Lipinski definition) is 4. The Labute approximate surface area is 115 Å². The highest BCUT2D eigenvalue weighted by molar-refractivity contribution is 5.35. The zero-order valence-electron chi connectivity index (χ0n) is 11.8. The summed E-state index contributed by atoms with van der Waals surface area (Å²) in [6.07, 6.45) is 0.788. The van der Waals surface area contributed by atoms with Gasteiger partial charge in [-0.3, -0.25) is 0 Å². The van der Waals surface area contributed by atoms with Crippen molar-refractivity contribution in [3.8, 4) is 5.75 Å². The number of nitrogens with one attached hydrogen (secondary N) is 2. The molecule has 2 atom stereocenters. The minimum absolute atomic E-state index is 0.214. The van der Waals surface area contributed by atoms with E-state index in [9.17, 15) is 5.11 Å². The van der Waals surface area contributed by atoms with Gasteiger partial charge in [-0.2, -0.15) is 0 Å². The van der Waals surface area contributed by atoms with Gasteiger partial charge in [-0.15, -0.1) is 0 Å². The smallest absolute Gasteiger partial charge is 0.119 e. The molecule has 0 aromatic heterocycles. The van der Waals surface area contributed by atoms with E-state index in [-0.39, 0.29) is 6.10 Å². The molecule has 1 aliphatic rings. The fraction of sp³-hybridized carbons (Fsp3) is 0.600. The lowest BCUT2D eigenvalue weighted by atomic mass is 10.0. The normalized spacial score (nSPS) is 22.7. The molecule has 0 saturated carbocycles. The Hall–Kier alpha value is -1.10. The molecule has 0 aliphatic carbocycles. The Morgan fingerprint density at radius 1 is 1.37 bits per heavy atom. The summed E-state index contributed by atoms with van der Waals surface area (Å²) < 4.78 is 5.25. The van der Waals surface area contributed by atoms with Gasteiger partial charge in [0.1, 0.15) is 5.75 Å². The number of ether oxygens (including phenoxy) is 1. The van der Waals surface area contributed by atoms with Crippen molar-refractivity contribution < 1.29 is 9.84 Å². The first-order chi connectivity index (χ1) is 9.24. The maximum atomic E-state index is 9.74. The number of benzene rings is 1. The van der Waals surface area contributed by atoms with Crippen LogP contribution in [0.4, 0.5) is 0 Å². The Balaban J connectivity index is 1.88. The van der Waals surface area contributed by atoms with E-state index in [1.54, 1.807) is 7.11 Å². The van der Waals surface area contributed by atoms with Gasteiger partial charge < -0.3 is 20.5 Å². The molecule has 1 saturated heterocycles. The van der Waals surface area contributed by atoms with Crippen molar-refractivity contribution in [3.05, 3.63) is 29.3 Å². The van der Waals surface area contributed by atoms with E-state index >= 15 is 0 Å². The molecular weight excluding hydrogens is 240 g/mol. The van der Waals surface area contributed by atoms with Crippen LogP contribution in [0.15, 0.2) is 18.2 Å². The molecule has 4 nitrogen and oxygen atoms in total. The Morgan fingerprint density at radius 3 is 2.84 bits per heavy atom. The number of rotatable bonds is 6. The minimum Gasteiger partial charge on any atom is -0.497 e. The highest BCUT2D eigenvalue weighted by Gasteiger charge is 2.24. The van der Waals surface area contributed by atoms with Crippen LogP contribution in [0.25, 0.3) is 0 Å². The van der Waals surface area contributed by atoms with Gasteiger partial charge in [0.15, 0.2) is 0 Å². The monoisotopic (exact) mass is 264 g/mol. The minimum atomic E-state index is -0.214. The molecule has 0 amide bonds. The zero-order valence-corrected chi connectivity index (χ0v) is 11.8. The zero-order chi connectivity index (χ0) is 13.7. The van der Waals surface area contributed by atoms with Crippen LogP contribution in [0.1, 0.15) is 18.1 Å². The molecule has 1 aromatic carbocycles. The third-order valence-electron chi connectivity index (χ3n) is 3.82. The van der Waals surface area contributed by atoms with Gasteiger partial charge in [0, 0.05) is 32.1 Å². The maximum absolute atomic E-state index is 9.74. The molecule has 1 aliphatic heterocycles. The van der Waals surface area contributed by atoms with Crippen LogP contribution >= 0.6 is 0 Å². The Morgan fingerprint density at radius 2 is 2.21 bits per heavy atom. The van der Waals surface area contributed by atoms with E-state index < -0.39 is 0 Å². The molecule has 1 aromatic rings. The molecule has 0 radical (unpaired) electrons. The van der Waals surface area contributed by atoms with E-state index in [4.69, 9.17) is 4.74 Å². The van der Waals surface area contributed by atoms with Crippen molar-refractivity contribution in [3.63, 3.8) is 0 Å². The second kappa shape index (κ2) is 6.89.